The topological polar surface area (TPSA) is 59.8 Å². The average Bonchev–Trinajstić information content (AvgIpc) is 3.77. The largest absolute Gasteiger partial charge is 0.481 e. The van der Waals surface area contributed by atoms with Crippen molar-refractivity contribution >= 4 is 23.4 Å². The monoisotopic (exact) mass is 550 g/mol. The van der Waals surface area contributed by atoms with E-state index in [2.05, 4.69) is 15.0 Å². The van der Waals surface area contributed by atoms with Crippen LogP contribution in [0.2, 0.25) is 0 Å². The first-order valence-corrected chi connectivity index (χ1v) is 12.1. The third-order valence-corrected chi connectivity index (χ3v) is 6.41. The van der Waals surface area contributed by atoms with Gasteiger partial charge < -0.3 is 9.47 Å². The van der Waals surface area contributed by atoms with Gasteiger partial charge >= 0.3 is 6.18 Å². The molecule has 0 spiro atoms. The maximum Gasteiger partial charge on any atom is 0.421 e. The van der Waals surface area contributed by atoms with Crippen LogP contribution < -0.4 is 14.4 Å². The number of alkyl halides is 3. The number of aliphatic imine (C=N–C) groups is 1. The molecule has 6 nitrogen and oxygen atoms in total. The number of allylic oxidation sites excluding steroid dienone is 1. The quantitative estimate of drug-likeness (QED) is 0.236. The molecule has 0 unspecified atom stereocenters. The normalized spacial score (nSPS) is 14.3. The summed E-state index contributed by atoms with van der Waals surface area (Å²) >= 11 is 0. The number of hydrogen-bond donors (Lipinski definition) is 0. The first kappa shape index (κ1) is 25.5. The van der Waals surface area contributed by atoms with Gasteiger partial charge in [-0.3, -0.25) is 4.90 Å². The second-order valence-electron chi connectivity index (χ2n) is 9.05. The molecule has 3 heterocycles. The number of pyridine rings is 2. The van der Waals surface area contributed by atoms with Crippen LogP contribution in [-0.4, -0.2) is 23.4 Å². The van der Waals surface area contributed by atoms with Gasteiger partial charge in [-0.2, -0.15) is 13.2 Å². The number of fused-ring (bicyclic) bond motifs is 1. The Morgan fingerprint density at radius 2 is 1.70 bits per heavy atom. The molecule has 6 rings (SSSR count). The third-order valence-electron chi connectivity index (χ3n) is 6.41. The Morgan fingerprint density at radius 1 is 0.900 bits per heavy atom. The van der Waals surface area contributed by atoms with Crippen molar-refractivity contribution in [1.82, 2.24) is 9.97 Å². The van der Waals surface area contributed by atoms with Crippen molar-refractivity contribution < 1.29 is 31.4 Å². The predicted octanol–water partition coefficient (Wildman–Crippen LogP) is 7.93. The summed E-state index contributed by atoms with van der Waals surface area (Å²) in [5.41, 5.74) is 2.65. The van der Waals surface area contributed by atoms with Crippen LogP contribution in [0.3, 0.4) is 0 Å². The molecule has 0 N–H and O–H groups in total. The highest BCUT2D eigenvalue weighted by atomic mass is 19.4. The average molecular weight is 550 g/mol. The van der Waals surface area contributed by atoms with E-state index < -0.39 is 29.3 Å². The van der Waals surface area contributed by atoms with E-state index in [1.165, 1.54) is 31.5 Å². The van der Waals surface area contributed by atoms with E-state index in [9.17, 15) is 22.0 Å². The van der Waals surface area contributed by atoms with E-state index in [1.807, 2.05) is 0 Å². The van der Waals surface area contributed by atoms with Gasteiger partial charge in [0.05, 0.1) is 24.2 Å². The van der Waals surface area contributed by atoms with E-state index in [0.29, 0.717) is 22.6 Å². The maximum absolute atomic E-state index is 14.9. The van der Waals surface area contributed by atoms with Crippen molar-refractivity contribution in [3.8, 4) is 28.8 Å². The first-order valence-electron chi connectivity index (χ1n) is 12.1. The molecule has 2 aliphatic rings. The molecule has 1 aliphatic carbocycles. The van der Waals surface area contributed by atoms with E-state index in [4.69, 9.17) is 9.47 Å². The zero-order valence-corrected chi connectivity index (χ0v) is 20.8. The van der Waals surface area contributed by atoms with Crippen LogP contribution in [0.15, 0.2) is 77.4 Å². The van der Waals surface area contributed by atoms with E-state index in [-0.39, 0.29) is 22.9 Å². The van der Waals surface area contributed by atoms with Crippen molar-refractivity contribution in [2.75, 3.05) is 12.0 Å². The highest BCUT2D eigenvalue weighted by Gasteiger charge is 2.35. The number of ether oxygens (including phenoxy) is 2. The minimum atomic E-state index is -4.65. The lowest BCUT2D eigenvalue weighted by molar-refractivity contribution is -0.138. The molecule has 202 valence electrons. The van der Waals surface area contributed by atoms with Gasteiger partial charge in [-0.25, -0.2) is 23.7 Å². The van der Waals surface area contributed by atoms with Crippen molar-refractivity contribution in [3.63, 3.8) is 0 Å². The van der Waals surface area contributed by atoms with Crippen molar-refractivity contribution in [1.29, 1.82) is 0 Å². The molecule has 1 fully saturated rings. The molecule has 0 radical (unpaired) electrons. The Bertz CT molecular complexity index is 1690. The molecular formula is C29H19F5N4O2. The molecule has 2 aromatic carbocycles. The second kappa shape index (κ2) is 9.74. The number of anilines is 2. The van der Waals surface area contributed by atoms with Crippen LogP contribution in [0.4, 0.5) is 33.3 Å². The standard InChI is InChI=1S/C29H19F5N4O2/c1-39-25-11-10-24(27(37-25)19-8-6-17(30)13-22(19)31)38-15-36-26(16-4-5-16)20-14-18(7-9-23(20)38)40-28-21(29(32,33)34)3-2-12-35-28/h2-3,6-15H,4-5H2,1H3. The van der Waals surface area contributed by atoms with Gasteiger partial charge in [-0.15, -0.1) is 0 Å². The van der Waals surface area contributed by atoms with E-state index in [0.717, 1.165) is 36.6 Å². The maximum atomic E-state index is 14.9. The second-order valence-corrected chi connectivity index (χ2v) is 9.05. The molecule has 1 aliphatic heterocycles. The number of methoxy groups -OCH3 is 1. The Hall–Kier alpha value is -4.80. The Kier molecular flexibility index (Phi) is 6.21. The fraction of sp³-hybridized carbons (Fsp3) is 0.138. The summed E-state index contributed by atoms with van der Waals surface area (Å²) < 4.78 is 79.9. The highest BCUT2D eigenvalue weighted by Crippen LogP contribution is 2.47. The lowest BCUT2D eigenvalue weighted by Gasteiger charge is -2.29. The van der Waals surface area contributed by atoms with E-state index >= 15 is 0 Å². The van der Waals surface area contributed by atoms with Crippen LogP contribution in [0.25, 0.3) is 17.0 Å². The summed E-state index contributed by atoms with van der Waals surface area (Å²) in [6, 6.07) is 13.3. The zero-order chi connectivity index (χ0) is 28.0. The van der Waals surface area contributed by atoms with Gasteiger partial charge in [0.15, 0.2) is 0 Å². The van der Waals surface area contributed by atoms with Crippen molar-refractivity contribution in [3.05, 3.63) is 95.2 Å². The lowest BCUT2D eigenvalue weighted by Crippen LogP contribution is -2.21. The fourth-order valence-electron chi connectivity index (χ4n) is 4.42. The summed E-state index contributed by atoms with van der Waals surface area (Å²) in [4.78, 5) is 14.5. The number of hydrogen-bond acceptors (Lipinski definition) is 6. The molecule has 11 heteroatoms. The minimum Gasteiger partial charge on any atom is -0.481 e. The Labute approximate surface area is 225 Å². The molecule has 0 atom stereocenters. The zero-order valence-electron chi connectivity index (χ0n) is 20.8. The molecule has 0 saturated heterocycles. The van der Waals surface area contributed by atoms with Crippen LogP contribution in [0.1, 0.15) is 24.0 Å². The summed E-state index contributed by atoms with van der Waals surface area (Å²) in [5.74, 6) is -1.75. The Morgan fingerprint density at radius 3 is 2.42 bits per heavy atom. The van der Waals surface area contributed by atoms with Crippen molar-refractivity contribution in [2.24, 2.45) is 4.99 Å². The number of benzene rings is 2. The van der Waals surface area contributed by atoms with Gasteiger partial charge in [0.25, 0.3) is 0 Å². The van der Waals surface area contributed by atoms with Gasteiger partial charge in [0.1, 0.15) is 35.0 Å². The number of aromatic nitrogens is 2. The summed E-state index contributed by atoms with van der Waals surface area (Å²) in [6.45, 7) is 0. The van der Waals surface area contributed by atoms with Gasteiger partial charge in [0, 0.05) is 29.5 Å². The van der Waals surface area contributed by atoms with Gasteiger partial charge in [-0.1, -0.05) is 0 Å². The summed E-state index contributed by atoms with van der Waals surface area (Å²) in [5, 5.41) is 0. The first-order chi connectivity index (χ1) is 19.2. The van der Waals surface area contributed by atoms with Gasteiger partial charge in [0.2, 0.25) is 11.8 Å². The SMILES string of the molecule is COc1ccc(N2C=NC(=C3CC3)c3cc(Oc4ncccc4C(F)(F)F)ccc32)c(-c2ccc(F)cc2F)n1. The molecule has 4 aromatic rings. The predicted molar refractivity (Wildman–Crippen MR) is 139 cm³/mol. The van der Waals surface area contributed by atoms with E-state index in [1.54, 1.807) is 35.5 Å². The molecule has 2 aromatic heterocycles. The van der Waals surface area contributed by atoms with Crippen LogP contribution in [-0.2, 0) is 6.18 Å². The smallest absolute Gasteiger partial charge is 0.421 e. The number of halogens is 5. The van der Waals surface area contributed by atoms with Gasteiger partial charge in [-0.05, 0) is 66.9 Å². The lowest BCUT2D eigenvalue weighted by atomic mass is 10.0. The third kappa shape index (κ3) is 4.74. The van der Waals surface area contributed by atoms with Crippen LogP contribution >= 0.6 is 0 Å². The molecule has 40 heavy (non-hydrogen) atoms. The number of rotatable bonds is 5. The van der Waals surface area contributed by atoms with Crippen molar-refractivity contribution in [2.45, 2.75) is 19.0 Å². The number of nitrogens with zero attached hydrogens (tertiary/aromatic N) is 4. The Balaban J connectivity index is 1.46. The minimum absolute atomic E-state index is 0.0476. The molecule has 1 saturated carbocycles. The van der Waals surface area contributed by atoms with Crippen LogP contribution in [0, 0.1) is 11.6 Å². The highest BCUT2D eigenvalue weighted by molar-refractivity contribution is 6.03. The molecule has 0 bridgehead atoms. The molecular weight excluding hydrogens is 531 g/mol. The summed E-state index contributed by atoms with van der Waals surface area (Å²) in [6.07, 6.45) is -0.178. The fourth-order valence-corrected chi connectivity index (χ4v) is 4.42. The van der Waals surface area contributed by atoms with Crippen LogP contribution in [0.5, 0.6) is 17.5 Å². The molecule has 0 amide bonds. The summed E-state index contributed by atoms with van der Waals surface area (Å²) in [7, 11) is 1.42.